The molecule has 0 bridgehead atoms. The van der Waals surface area contributed by atoms with Gasteiger partial charge in [-0.1, -0.05) is 23.7 Å². The lowest BCUT2D eigenvalue weighted by atomic mass is 10.2. The van der Waals surface area contributed by atoms with E-state index in [0.717, 1.165) is 37.6 Å². The van der Waals surface area contributed by atoms with Gasteiger partial charge in [0, 0.05) is 55.7 Å². The smallest absolute Gasteiger partial charge is 0.229 e. The number of halogens is 1. The van der Waals surface area contributed by atoms with Crippen LogP contribution < -0.4 is 10.2 Å². The highest BCUT2D eigenvalue weighted by Gasteiger charge is 2.16. The summed E-state index contributed by atoms with van der Waals surface area (Å²) < 4.78 is 21.0. The highest BCUT2D eigenvalue weighted by molar-refractivity contribution is 7.86. The summed E-state index contributed by atoms with van der Waals surface area (Å²) in [5.74, 6) is 2.15. The van der Waals surface area contributed by atoms with Crippen molar-refractivity contribution in [1.82, 2.24) is 24.4 Å². The molecule has 4 aromatic rings. The Morgan fingerprint density at radius 3 is 2.57 bits per heavy atom. The number of likely N-dealkylation sites (N-methyl/N-ethyl adjacent to an activating group) is 1. The fourth-order valence-electron chi connectivity index (χ4n) is 3.97. The molecule has 0 amide bonds. The van der Waals surface area contributed by atoms with E-state index in [0.29, 0.717) is 28.6 Å². The first-order valence-electron chi connectivity index (χ1n) is 11.7. The van der Waals surface area contributed by atoms with E-state index in [2.05, 4.69) is 66.8 Å². The molecule has 1 aliphatic heterocycles. The molecule has 8 nitrogen and oxygen atoms in total. The Hall–Kier alpha value is -3.37. The van der Waals surface area contributed by atoms with Gasteiger partial charge in [0.15, 0.2) is 17.3 Å². The van der Waals surface area contributed by atoms with Gasteiger partial charge in [-0.15, -0.1) is 0 Å². The molecule has 35 heavy (non-hydrogen) atoms. The third kappa shape index (κ3) is 5.18. The number of pyridine rings is 1. The molecule has 1 fully saturated rings. The zero-order valence-electron chi connectivity index (χ0n) is 20.1. The van der Waals surface area contributed by atoms with Gasteiger partial charge in [0.25, 0.3) is 0 Å². The first-order chi connectivity index (χ1) is 17.0. The van der Waals surface area contributed by atoms with Gasteiger partial charge in [0.05, 0.1) is 5.39 Å². The number of nitrogens with one attached hydrogen (secondary N) is 1. The summed E-state index contributed by atoms with van der Waals surface area (Å²) in [5.41, 5.74) is 2.52. The summed E-state index contributed by atoms with van der Waals surface area (Å²) >= 11 is 0. The van der Waals surface area contributed by atoms with Crippen molar-refractivity contribution in [1.29, 1.82) is 0 Å². The van der Waals surface area contributed by atoms with Crippen LogP contribution >= 0.6 is 0 Å². The standard InChI is InChI=1S/C25H29FN8S/c1-4-35(3)31-22-6-5-7-23(29-22)34-17-21(26)20-16-27-25(30-24(20)34)28-18-8-10-19(11-9-18)33-14-12-32(2)13-15-33/h5-11,16-17H,4,12-15H2,1-3H3,(H,27,28,30). The van der Waals surface area contributed by atoms with Crippen LogP contribution in [0.1, 0.15) is 6.92 Å². The van der Waals surface area contributed by atoms with Crippen LogP contribution in [0.25, 0.3) is 16.9 Å². The Morgan fingerprint density at radius 1 is 1.06 bits per heavy atom. The van der Waals surface area contributed by atoms with E-state index in [4.69, 9.17) is 0 Å². The van der Waals surface area contributed by atoms with E-state index in [1.807, 2.05) is 30.3 Å². The lowest BCUT2D eigenvalue weighted by Gasteiger charge is -2.34. The van der Waals surface area contributed by atoms with Gasteiger partial charge >= 0.3 is 0 Å². The zero-order valence-corrected chi connectivity index (χ0v) is 21.0. The van der Waals surface area contributed by atoms with E-state index in [9.17, 15) is 4.39 Å². The average molecular weight is 493 g/mol. The maximum Gasteiger partial charge on any atom is 0.229 e. The van der Waals surface area contributed by atoms with Gasteiger partial charge in [-0.25, -0.2) is 18.7 Å². The number of hydrogen-bond donors (Lipinski definition) is 1. The molecule has 1 aromatic carbocycles. The Kier molecular flexibility index (Phi) is 6.74. The van der Waals surface area contributed by atoms with Gasteiger partial charge in [-0.3, -0.25) is 4.57 Å². The van der Waals surface area contributed by atoms with Crippen molar-refractivity contribution in [3.05, 3.63) is 60.7 Å². The minimum Gasteiger partial charge on any atom is -0.369 e. The van der Waals surface area contributed by atoms with Crippen LogP contribution in [0.15, 0.2) is 59.2 Å². The maximum absolute atomic E-state index is 14.7. The van der Waals surface area contributed by atoms with Crippen molar-refractivity contribution < 1.29 is 4.39 Å². The molecule has 1 atom stereocenters. The minimum atomic E-state index is -0.393. The van der Waals surface area contributed by atoms with E-state index in [1.54, 1.807) is 4.57 Å². The van der Waals surface area contributed by atoms with E-state index < -0.39 is 5.82 Å². The Labute approximate surface area is 206 Å². The van der Waals surface area contributed by atoms with Gasteiger partial charge in [0.1, 0.15) is 5.82 Å². The summed E-state index contributed by atoms with van der Waals surface area (Å²) in [6.45, 7) is 6.26. The van der Waals surface area contributed by atoms with Crippen molar-refractivity contribution in [2.75, 3.05) is 55.5 Å². The van der Waals surface area contributed by atoms with Gasteiger partial charge in [-0.05, 0) is 49.7 Å². The summed E-state index contributed by atoms with van der Waals surface area (Å²) in [4.78, 5) is 18.3. The van der Waals surface area contributed by atoms with E-state index >= 15 is 0 Å². The highest BCUT2D eigenvalue weighted by atomic mass is 32.2. The Morgan fingerprint density at radius 2 is 1.83 bits per heavy atom. The molecule has 0 spiro atoms. The van der Waals surface area contributed by atoms with Gasteiger partial charge in [0.2, 0.25) is 5.95 Å². The van der Waals surface area contributed by atoms with Gasteiger partial charge in [-0.2, -0.15) is 4.98 Å². The molecule has 10 heteroatoms. The zero-order chi connectivity index (χ0) is 24.4. The average Bonchev–Trinajstić information content (AvgIpc) is 3.21. The third-order valence-corrected chi connectivity index (χ3v) is 7.46. The molecule has 1 aliphatic rings. The SMILES string of the molecule is CCS(C)=Nc1cccc(-n2cc(F)c3cnc(Nc4ccc(N5CCN(C)CC5)cc4)nc32)n1. The van der Waals surface area contributed by atoms with Crippen molar-refractivity contribution in [3.63, 3.8) is 0 Å². The number of anilines is 3. The maximum atomic E-state index is 14.7. The predicted molar refractivity (Wildman–Crippen MR) is 142 cm³/mol. The summed E-state index contributed by atoms with van der Waals surface area (Å²) in [6, 6.07) is 13.8. The lowest BCUT2D eigenvalue weighted by Crippen LogP contribution is -2.44. The molecule has 0 saturated carbocycles. The largest absolute Gasteiger partial charge is 0.369 e. The van der Waals surface area contributed by atoms with Crippen LogP contribution in [0.3, 0.4) is 0 Å². The monoisotopic (exact) mass is 492 g/mol. The highest BCUT2D eigenvalue weighted by Crippen LogP contribution is 2.25. The molecule has 4 heterocycles. The number of piperazine rings is 1. The molecule has 0 aliphatic carbocycles. The van der Waals surface area contributed by atoms with Crippen LogP contribution in [-0.2, 0) is 10.7 Å². The number of benzene rings is 1. The predicted octanol–water partition coefficient (Wildman–Crippen LogP) is 4.53. The molecule has 1 N–H and O–H groups in total. The van der Waals surface area contributed by atoms with Crippen LogP contribution in [0, 0.1) is 5.82 Å². The Balaban J connectivity index is 1.40. The summed E-state index contributed by atoms with van der Waals surface area (Å²) in [6.07, 6.45) is 4.97. The first kappa shape index (κ1) is 23.4. The summed E-state index contributed by atoms with van der Waals surface area (Å²) in [5, 5.41) is 3.59. The number of aromatic nitrogens is 4. The quantitative estimate of drug-likeness (QED) is 0.426. The van der Waals surface area contributed by atoms with Crippen molar-refractivity contribution in [2.24, 2.45) is 4.36 Å². The number of fused-ring (bicyclic) bond motifs is 1. The second-order valence-corrected chi connectivity index (χ2v) is 10.5. The fraction of sp³-hybridized carbons (Fsp3) is 0.320. The molecule has 182 valence electrons. The van der Waals surface area contributed by atoms with Crippen LogP contribution in [0.5, 0.6) is 0 Å². The van der Waals surface area contributed by atoms with Crippen LogP contribution in [0.4, 0.5) is 27.5 Å². The second kappa shape index (κ2) is 10.1. The second-order valence-electron chi connectivity index (χ2n) is 8.57. The van der Waals surface area contributed by atoms with Gasteiger partial charge < -0.3 is 15.1 Å². The fourth-order valence-corrected chi connectivity index (χ4v) is 4.52. The Bertz CT molecular complexity index is 1360. The first-order valence-corrected chi connectivity index (χ1v) is 13.4. The number of rotatable bonds is 6. The molecule has 1 saturated heterocycles. The minimum absolute atomic E-state index is 0.108. The van der Waals surface area contributed by atoms with Crippen molar-refractivity contribution >= 4 is 44.9 Å². The summed E-state index contributed by atoms with van der Waals surface area (Å²) in [7, 11) is 2.04. The van der Waals surface area contributed by atoms with E-state index in [1.165, 1.54) is 18.1 Å². The lowest BCUT2D eigenvalue weighted by molar-refractivity contribution is 0.313. The number of nitrogens with zero attached hydrogens (tertiary/aromatic N) is 7. The van der Waals surface area contributed by atoms with Crippen LogP contribution in [-0.4, -0.2) is 69.7 Å². The normalized spacial score (nSPS) is 15.6. The number of hydrogen-bond acceptors (Lipinski definition) is 7. The molecule has 3 aromatic heterocycles. The molecule has 0 radical (unpaired) electrons. The topological polar surface area (TPSA) is 74.5 Å². The van der Waals surface area contributed by atoms with Crippen LogP contribution in [0.2, 0.25) is 0 Å². The van der Waals surface area contributed by atoms with Crippen molar-refractivity contribution in [2.45, 2.75) is 6.92 Å². The third-order valence-electron chi connectivity index (χ3n) is 6.12. The molecular weight excluding hydrogens is 463 g/mol. The molecule has 5 rings (SSSR count). The molecular formula is C25H29FN8S. The van der Waals surface area contributed by atoms with Crippen molar-refractivity contribution in [3.8, 4) is 5.82 Å². The van der Waals surface area contributed by atoms with E-state index in [-0.39, 0.29) is 10.7 Å². The molecule has 1 unspecified atom stereocenters.